The standard InChI is InChI=1S/C20H21N3O4/c1-13-6-8-16(9-7-13)27-11-10-23-18(25)20(2,22-19(23)26)15-5-3-4-14(12-15)17(21)24/h3-9,12H,10-11H2,1-2H3,(H2,21,24)(H,22,26). The summed E-state index contributed by atoms with van der Waals surface area (Å²) in [5.41, 5.74) is 5.94. The van der Waals surface area contributed by atoms with Crippen LogP contribution in [0.15, 0.2) is 48.5 Å². The van der Waals surface area contributed by atoms with E-state index in [0.717, 1.165) is 10.5 Å². The fraction of sp³-hybridized carbons (Fsp3) is 0.250. The minimum absolute atomic E-state index is 0.115. The maximum atomic E-state index is 12.9. The van der Waals surface area contributed by atoms with Gasteiger partial charge in [0.15, 0.2) is 0 Å². The van der Waals surface area contributed by atoms with Crippen molar-refractivity contribution in [2.75, 3.05) is 13.2 Å². The fourth-order valence-corrected chi connectivity index (χ4v) is 2.97. The van der Waals surface area contributed by atoms with Crippen LogP contribution in [0.4, 0.5) is 4.79 Å². The summed E-state index contributed by atoms with van der Waals surface area (Å²) in [7, 11) is 0. The molecule has 1 saturated heterocycles. The van der Waals surface area contributed by atoms with E-state index in [4.69, 9.17) is 10.5 Å². The van der Waals surface area contributed by atoms with Crippen molar-refractivity contribution < 1.29 is 19.1 Å². The number of carbonyl (C=O) groups excluding carboxylic acids is 3. The minimum Gasteiger partial charge on any atom is -0.492 e. The quantitative estimate of drug-likeness (QED) is 0.762. The van der Waals surface area contributed by atoms with Crippen molar-refractivity contribution in [3.05, 3.63) is 65.2 Å². The van der Waals surface area contributed by atoms with E-state index in [-0.39, 0.29) is 18.7 Å². The molecule has 0 bridgehead atoms. The largest absolute Gasteiger partial charge is 0.492 e. The molecule has 0 radical (unpaired) electrons. The Kier molecular flexibility index (Phi) is 4.85. The van der Waals surface area contributed by atoms with Crippen LogP contribution in [-0.2, 0) is 10.3 Å². The van der Waals surface area contributed by atoms with Crippen LogP contribution in [0.1, 0.15) is 28.4 Å². The summed E-state index contributed by atoms with van der Waals surface area (Å²) in [6.07, 6.45) is 0. The van der Waals surface area contributed by atoms with Gasteiger partial charge in [-0.25, -0.2) is 4.79 Å². The Morgan fingerprint density at radius 2 is 1.89 bits per heavy atom. The van der Waals surface area contributed by atoms with Gasteiger partial charge in [0.05, 0.1) is 6.54 Å². The predicted octanol–water partition coefficient (Wildman–Crippen LogP) is 1.94. The number of rotatable bonds is 6. The molecule has 3 rings (SSSR count). The van der Waals surface area contributed by atoms with Gasteiger partial charge in [0, 0.05) is 5.56 Å². The van der Waals surface area contributed by atoms with E-state index in [2.05, 4.69) is 5.32 Å². The molecule has 4 amide bonds. The molecule has 1 fully saturated rings. The molecule has 140 valence electrons. The molecule has 0 spiro atoms. The predicted molar refractivity (Wildman–Crippen MR) is 99.2 cm³/mol. The van der Waals surface area contributed by atoms with Crippen molar-refractivity contribution >= 4 is 17.8 Å². The first-order valence-electron chi connectivity index (χ1n) is 8.55. The number of amides is 4. The number of urea groups is 1. The Hall–Kier alpha value is -3.35. The highest BCUT2D eigenvalue weighted by Gasteiger charge is 2.48. The van der Waals surface area contributed by atoms with Crippen molar-refractivity contribution in [2.45, 2.75) is 19.4 Å². The molecule has 1 aliphatic heterocycles. The van der Waals surface area contributed by atoms with Crippen molar-refractivity contribution in [2.24, 2.45) is 5.73 Å². The van der Waals surface area contributed by atoms with Crippen molar-refractivity contribution in [1.82, 2.24) is 10.2 Å². The number of nitrogens with two attached hydrogens (primary N) is 1. The molecule has 2 aromatic carbocycles. The summed E-state index contributed by atoms with van der Waals surface area (Å²) >= 11 is 0. The van der Waals surface area contributed by atoms with Crippen LogP contribution in [-0.4, -0.2) is 35.9 Å². The van der Waals surface area contributed by atoms with Crippen molar-refractivity contribution in [1.29, 1.82) is 0 Å². The zero-order valence-electron chi connectivity index (χ0n) is 15.2. The van der Waals surface area contributed by atoms with Crippen LogP contribution < -0.4 is 15.8 Å². The summed E-state index contributed by atoms with van der Waals surface area (Å²) in [5.74, 6) is -0.327. The summed E-state index contributed by atoms with van der Waals surface area (Å²) < 4.78 is 5.61. The molecule has 1 heterocycles. The Labute approximate surface area is 157 Å². The monoisotopic (exact) mass is 367 g/mol. The third-order valence-corrected chi connectivity index (χ3v) is 4.60. The highest BCUT2D eigenvalue weighted by Crippen LogP contribution is 2.29. The van der Waals surface area contributed by atoms with E-state index < -0.39 is 23.4 Å². The molecule has 1 aliphatic rings. The lowest BCUT2D eigenvalue weighted by Gasteiger charge is -2.22. The SMILES string of the molecule is Cc1ccc(OCCN2C(=O)NC(C)(c3cccc(C(N)=O)c3)C2=O)cc1. The van der Waals surface area contributed by atoms with Crippen LogP contribution in [0.5, 0.6) is 5.75 Å². The van der Waals surface area contributed by atoms with Crippen LogP contribution in [0.3, 0.4) is 0 Å². The number of nitrogens with zero attached hydrogens (tertiary/aromatic N) is 1. The van der Waals surface area contributed by atoms with Crippen LogP contribution >= 0.6 is 0 Å². The van der Waals surface area contributed by atoms with Gasteiger partial charge < -0.3 is 15.8 Å². The van der Waals surface area contributed by atoms with Gasteiger partial charge in [-0.2, -0.15) is 0 Å². The van der Waals surface area contributed by atoms with Gasteiger partial charge >= 0.3 is 6.03 Å². The molecule has 7 heteroatoms. The fourth-order valence-electron chi connectivity index (χ4n) is 2.97. The Balaban J connectivity index is 1.71. The maximum Gasteiger partial charge on any atom is 0.325 e. The summed E-state index contributed by atoms with van der Waals surface area (Å²) in [6.45, 7) is 3.88. The molecule has 0 aromatic heterocycles. The number of benzene rings is 2. The van der Waals surface area contributed by atoms with E-state index in [1.165, 1.54) is 6.07 Å². The lowest BCUT2D eigenvalue weighted by atomic mass is 9.90. The van der Waals surface area contributed by atoms with Gasteiger partial charge in [-0.3, -0.25) is 14.5 Å². The van der Waals surface area contributed by atoms with E-state index in [1.54, 1.807) is 25.1 Å². The minimum atomic E-state index is -1.26. The molecule has 27 heavy (non-hydrogen) atoms. The van der Waals surface area contributed by atoms with Crippen LogP contribution in [0.2, 0.25) is 0 Å². The maximum absolute atomic E-state index is 12.9. The van der Waals surface area contributed by atoms with Gasteiger partial charge in [-0.15, -0.1) is 0 Å². The molecule has 1 unspecified atom stereocenters. The smallest absolute Gasteiger partial charge is 0.325 e. The second-order valence-corrected chi connectivity index (χ2v) is 6.62. The topological polar surface area (TPSA) is 102 Å². The number of ether oxygens (including phenoxy) is 1. The normalized spacial score (nSPS) is 19.1. The zero-order chi connectivity index (χ0) is 19.6. The number of hydrogen-bond acceptors (Lipinski definition) is 4. The van der Waals surface area contributed by atoms with Crippen LogP contribution in [0, 0.1) is 6.92 Å². The number of primary amides is 1. The average molecular weight is 367 g/mol. The summed E-state index contributed by atoms with van der Waals surface area (Å²) in [5, 5.41) is 2.70. The number of imide groups is 1. The molecule has 7 nitrogen and oxygen atoms in total. The molecule has 2 aromatic rings. The first kappa shape index (κ1) is 18.4. The van der Waals surface area contributed by atoms with Gasteiger partial charge in [0.25, 0.3) is 5.91 Å². The first-order chi connectivity index (χ1) is 12.8. The van der Waals surface area contributed by atoms with Crippen molar-refractivity contribution in [3.63, 3.8) is 0 Å². The molecule has 1 atom stereocenters. The van der Waals surface area contributed by atoms with Gasteiger partial charge in [0.1, 0.15) is 17.9 Å². The van der Waals surface area contributed by atoms with E-state index in [0.29, 0.717) is 11.3 Å². The molecule has 3 N–H and O–H groups in total. The second-order valence-electron chi connectivity index (χ2n) is 6.62. The third-order valence-electron chi connectivity index (χ3n) is 4.60. The number of nitrogens with one attached hydrogen (secondary N) is 1. The highest BCUT2D eigenvalue weighted by atomic mass is 16.5. The molecule has 0 saturated carbocycles. The third kappa shape index (κ3) is 3.62. The van der Waals surface area contributed by atoms with Crippen LogP contribution in [0.25, 0.3) is 0 Å². The molecular weight excluding hydrogens is 346 g/mol. The van der Waals surface area contributed by atoms with Gasteiger partial charge in [-0.05, 0) is 43.7 Å². The molecular formula is C20H21N3O4. The first-order valence-corrected chi connectivity index (χ1v) is 8.55. The zero-order valence-corrected chi connectivity index (χ0v) is 15.2. The summed E-state index contributed by atoms with van der Waals surface area (Å²) in [6, 6.07) is 13.4. The Morgan fingerprint density at radius 1 is 1.19 bits per heavy atom. The lowest BCUT2D eigenvalue weighted by Crippen LogP contribution is -2.41. The van der Waals surface area contributed by atoms with E-state index in [1.807, 2.05) is 31.2 Å². The Bertz CT molecular complexity index is 894. The van der Waals surface area contributed by atoms with E-state index in [9.17, 15) is 14.4 Å². The average Bonchev–Trinajstić information content (AvgIpc) is 2.87. The summed E-state index contributed by atoms with van der Waals surface area (Å²) in [4.78, 5) is 37.7. The lowest BCUT2D eigenvalue weighted by molar-refractivity contribution is -0.131. The van der Waals surface area contributed by atoms with Gasteiger partial charge in [-0.1, -0.05) is 29.8 Å². The molecule has 0 aliphatic carbocycles. The second kappa shape index (κ2) is 7.11. The number of aryl methyl sites for hydroxylation is 1. The number of carbonyl (C=O) groups is 3. The highest BCUT2D eigenvalue weighted by molar-refractivity contribution is 6.07. The Morgan fingerprint density at radius 3 is 2.56 bits per heavy atom. The van der Waals surface area contributed by atoms with Crippen molar-refractivity contribution in [3.8, 4) is 5.75 Å². The van der Waals surface area contributed by atoms with Gasteiger partial charge in [0.2, 0.25) is 5.91 Å². The number of hydrogen-bond donors (Lipinski definition) is 2. The van der Waals surface area contributed by atoms with E-state index >= 15 is 0 Å².